The summed E-state index contributed by atoms with van der Waals surface area (Å²) in [5.74, 6) is -7.49. The second kappa shape index (κ2) is 34.4. The fraction of sp³-hybridized carbons (Fsp3) is 0.579. The van der Waals surface area contributed by atoms with Crippen LogP contribution in [0.5, 0.6) is 0 Å². The monoisotopic (exact) mass is 1480 g/mol. The number of carbonyl (C=O) groups is 12. The Hall–Kier alpha value is -9.52. The van der Waals surface area contributed by atoms with Crippen LogP contribution >= 0.6 is 0 Å². The summed E-state index contributed by atoms with van der Waals surface area (Å²) in [6.45, 7) is 18.6. The summed E-state index contributed by atoms with van der Waals surface area (Å²) in [7, 11) is 2.71. The number of rotatable bonds is 27. The second-order valence-corrected chi connectivity index (χ2v) is 30.0. The van der Waals surface area contributed by atoms with Crippen LogP contribution in [0.4, 0.5) is 24.9 Å². The number of methoxy groups -OCH3 is 2. The summed E-state index contributed by atoms with van der Waals surface area (Å²) in [5, 5.41) is 27.6. The molecule has 3 aromatic carbocycles. The number of hydrogen-bond donors (Lipinski definition) is 7. The molecule has 3 aromatic rings. The molecule has 5 aliphatic rings. The lowest BCUT2D eigenvalue weighted by Crippen LogP contribution is -2.82. The number of esters is 3. The molecule has 2 saturated heterocycles. The van der Waals surface area contributed by atoms with Crippen LogP contribution in [-0.2, 0) is 82.8 Å². The molecule has 0 aromatic heterocycles. The highest BCUT2D eigenvalue weighted by atomic mass is 16.6. The molecule has 4 fully saturated rings. The summed E-state index contributed by atoms with van der Waals surface area (Å²) in [6, 6.07) is 17.8. The van der Waals surface area contributed by atoms with Crippen LogP contribution in [0.15, 0.2) is 96.1 Å². The number of Topliss-reactive ketones (excluding diaryl/α,β-unsaturated/α-hetero) is 2. The van der Waals surface area contributed by atoms with E-state index in [0.717, 1.165) is 0 Å². The normalized spacial score (nSPS) is 25.0. The van der Waals surface area contributed by atoms with Crippen molar-refractivity contribution in [2.24, 2.45) is 34.3 Å². The Kier molecular flexibility index (Phi) is 26.6. The zero-order valence-electron chi connectivity index (χ0n) is 62.7. The van der Waals surface area contributed by atoms with E-state index in [9.17, 15) is 53.1 Å². The van der Waals surface area contributed by atoms with Gasteiger partial charge in [0.25, 0.3) is 0 Å². The Morgan fingerprint density at radius 2 is 1.40 bits per heavy atom. The van der Waals surface area contributed by atoms with Gasteiger partial charge in [-0.1, -0.05) is 102 Å². The van der Waals surface area contributed by atoms with Crippen molar-refractivity contribution in [2.75, 3.05) is 58.9 Å². The minimum Gasteiger partial charge on any atom is -0.455 e. The lowest BCUT2D eigenvalue weighted by molar-refractivity contribution is -0.347. The van der Waals surface area contributed by atoms with E-state index in [1.54, 1.807) is 149 Å². The van der Waals surface area contributed by atoms with Crippen molar-refractivity contribution in [1.82, 2.24) is 31.1 Å². The van der Waals surface area contributed by atoms with E-state index in [-0.39, 0.29) is 112 Å². The zero-order chi connectivity index (χ0) is 78.0. The van der Waals surface area contributed by atoms with Crippen molar-refractivity contribution < 1.29 is 105 Å². The number of ether oxygens (including phenoxy) is 9. The first-order valence-electron chi connectivity index (χ1n) is 35.7. The van der Waals surface area contributed by atoms with Gasteiger partial charge in [0.2, 0.25) is 23.8 Å². The van der Waals surface area contributed by atoms with E-state index in [0.29, 0.717) is 11.3 Å². The van der Waals surface area contributed by atoms with E-state index in [1.807, 2.05) is 0 Å². The summed E-state index contributed by atoms with van der Waals surface area (Å²) >= 11 is 0. The minimum absolute atomic E-state index is 0.000548. The first-order valence-corrected chi connectivity index (χ1v) is 35.7. The van der Waals surface area contributed by atoms with Gasteiger partial charge in [-0.2, -0.15) is 0 Å². The van der Waals surface area contributed by atoms with E-state index in [2.05, 4.69) is 26.6 Å². The van der Waals surface area contributed by atoms with Crippen LogP contribution < -0.4 is 32.3 Å². The fourth-order valence-electron chi connectivity index (χ4n) is 14.9. The predicted molar refractivity (Wildman–Crippen MR) is 380 cm³/mol. The molecule has 2 heterocycles. The Morgan fingerprint density at radius 1 is 0.774 bits per heavy atom. The first kappa shape index (κ1) is 82.1. The molecule has 106 heavy (non-hydrogen) atoms. The maximum absolute atomic E-state index is 16.1. The Bertz CT molecular complexity index is 3760. The molecule has 30 nitrogen and oxygen atoms in total. The molecule has 8 amide bonds. The Labute approximate surface area is 616 Å². The maximum Gasteiger partial charge on any atom is 0.410 e. The number of piperazine rings is 1. The zero-order valence-corrected chi connectivity index (χ0v) is 62.7. The van der Waals surface area contributed by atoms with Gasteiger partial charge in [-0.15, -0.1) is 0 Å². The molecule has 8 rings (SSSR count). The van der Waals surface area contributed by atoms with Gasteiger partial charge in [0, 0.05) is 96.6 Å². The third-order valence-corrected chi connectivity index (χ3v) is 20.7. The molecular formula is C76H102N8O22. The molecule has 8 N–H and O–H groups in total. The van der Waals surface area contributed by atoms with Crippen molar-refractivity contribution in [3.8, 4) is 0 Å². The van der Waals surface area contributed by atoms with E-state index in [4.69, 9.17) is 48.4 Å². The number of primary amides is 1. The molecule has 578 valence electrons. The molecule has 30 heteroatoms. The van der Waals surface area contributed by atoms with Crippen LogP contribution in [0, 0.1) is 28.6 Å². The second-order valence-electron chi connectivity index (χ2n) is 30.0. The van der Waals surface area contributed by atoms with Crippen LogP contribution in [0.2, 0.25) is 0 Å². The lowest BCUT2D eigenvalue weighted by Gasteiger charge is -2.67. The third kappa shape index (κ3) is 18.5. The number of nitrogens with zero attached hydrogens (tertiary/aromatic N) is 2. The molecule has 2 saturated carbocycles. The molecule has 3 aliphatic carbocycles. The van der Waals surface area contributed by atoms with E-state index in [1.165, 1.54) is 43.1 Å². The van der Waals surface area contributed by atoms with Crippen LogP contribution in [0.25, 0.3) is 0 Å². The first-order chi connectivity index (χ1) is 49.9. The lowest BCUT2D eigenvalue weighted by atomic mass is 9.44. The summed E-state index contributed by atoms with van der Waals surface area (Å²) in [4.78, 5) is 169. The number of amides is 8. The van der Waals surface area contributed by atoms with Gasteiger partial charge in [0.05, 0.1) is 29.6 Å². The number of nitrogens with one attached hydrogen (secondary N) is 5. The maximum atomic E-state index is 16.1. The average molecular weight is 1480 g/mol. The smallest absolute Gasteiger partial charge is 0.410 e. The van der Waals surface area contributed by atoms with Crippen LogP contribution in [0.1, 0.15) is 149 Å². The van der Waals surface area contributed by atoms with Crippen molar-refractivity contribution in [1.29, 1.82) is 0 Å². The number of benzene rings is 3. The largest absolute Gasteiger partial charge is 0.455 e. The highest BCUT2D eigenvalue weighted by Crippen LogP contribution is 2.65. The summed E-state index contributed by atoms with van der Waals surface area (Å²) in [6.07, 6.45) is -12.0. The highest BCUT2D eigenvalue weighted by molar-refractivity contribution is 5.99. The van der Waals surface area contributed by atoms with Gasteiger partial charge in [0.15, 0.2) is 11.4 Å². The number of fused-ring (bicyclic) bond motifs is 5. The number of urea groups is 1. The standard InChI is InChI=1S/C76H102N8O22/c1-42(2)51(86)31-32-55(87)81-57(43(3)4)65(90)80-50(26-21-33-78-68(77)93)64(89)79-49-29-27-46(28-30-49)40-100-70(95)83-34-36-84(37-35-83)71(96)103-60(58(47-22-17-15-18-23-47)82-69(94)106-72(7,8)9)67(92)102-52-39-76(97)63(104-66(91)48-24-19-16-20-25-48)61-74(12,62(88)59(99-14)56(44(52)5)73(76,10)11)53(98-13)38-54-75(61,41-101-54)105-45(6)85/h15-20,22-25,27-30,42-43,50,52-54,57-61,63,97H,21,26,31-41H2,1-14H3,(H,79,89)(H,80,90)(H,81,87)(H,82,94)(H3,77,78,93)/t50-,52-,53-,54+,57-,58-,59+,60+,61-,63-,74+,75-,76+/m0/s1. The Balaban J connectivity index is 1.01. The van der Waals surface area contributed by atoms with Gasteiger partial charge in [0.1, 0.15) is 66.1 Å². The molecule has 0 unspecified atom stereocenters. The number of aliphatic hydroxyl groups is 1. The molecular weight excluding hydrogens is 1380 g/mol. The topological polar surface area (TPSA) is 401 Å². The van der Waals surface area contributed by atoms with Gasteiger partial charge in [-0.3, -0.25) is 28.8 Å². The molecule has 0 spiro atoms. The molecule has 2 bridgehead atoms. The molecule has 2 aliphatic heterocycles. The number of nitrogens with two attached hydrogens (primary N) is 1. The predicted octanol–water partition coefficient (Wildman–Crippen LogP) is 6.68. The molecule has 0 radical (unpaired) electrons. The van der Waals surface area contributed by atoms with Gasteiger partial charge >= 0.3 is 42.2 Å². The van der Waals surface area contributed by atoms with Crippen molar-refractivity contribution >= 4 is 77.2 Å². The summed E-state index contributed by atoms with van der Waals surface area (Å²) in [5.41, 5.74) is -1.80. The van der Waals surface area contributed by atoms with Crippen LogP contribution in [-0.4, -0.2) is 205 Å². The SMILES string of the molecule is CO[C@H]1C(=O)[C@]2(C)[C@@H](OC)C[C@H]3OC[C@@]3(OC(C)=O)[C@H]2[C@H](OC(=O)c2ccccc2)[C@]2(O)C[C@H](OC(=O)[C@H](OC(=O)N3CCN(C(=O)OCc4ccc(NC(=O)[C@H](CCCNC(N)=O)NC(=O)[C@@H](NC(=O)CCC(=O)C(C)C)C(C)C)cc4)CC3)[C@@H](NC(=O)OC(C)(C)C)c3ccccc3)C(C)=C1C2(C)C. The summed E-state index contributed by atoms with van der Waals surface area (Å²) < 4.78 is 55.5. The minimum atomic E-state index is -2.39. The average Bonchev–Trinajstić information content (AvgIpc) is 0.668. The fourth-order valence-corrected chi connectivity index (χ4v) is 14.9. The van der Waals surface area contributed by atoms with E-state index >= 15 is 9.59 Å². The van der Waals surface area contributed by atoms with Gasteiger partial charge in [-0.05, 0) is 99.9 Å². The van der Waals surface area contributed by atoms with Crippen molar-refractivity contribution in [3.63, 3.8) is 0 Å². The third-order valence-electron chi connectivity index (χ3n) is 20.7. The highest BCUT2D eigenvalue weighted by Gasteiger charge is 2.78. The van der Waals surface area contributed by atoms with E-state index < -0.39 is 166 Å². The number of hydrogen-bond acceptors (Lipinski definition) is 22. The van der Waals surface area contributed by atoms with Gasteiger partial charge in [-0.25, -0.2) is 28.8 Å². The number of ketones is 2. The van der Waals surface area contributed by atoms with Gasteiger partial charge < -0.3 is 89.9 Å². The number of anilines is 1. The quantitative estimate of drug-likeness (QED) is 0.0181. The Morgan fingerprint density at radius 3 is 1.95 bits per heavy atom. The van der Waals surface area contributed by atoms with Crippen molar-refractivity contribution in [2.45, 2.75) is 200 Å². The van der Waals surface area contributed by atoms with Crippen molar-refractivity contribution in [3.05, 3.63) is 113 Å². The molecule has 13 atom stereocenters. The number of alkyl carbamates (subject to hydrolysis) is 1. The number of carbonyl (C=O) groups excluding carboxylic acids is 12. The van der Waals surface area contributed by atoms with Crippen LogP contribution in [0.3, 0.4) is 0 Å².